The third-order valence-electron chi connectivity index (χ3n) is 3.35. The van der Waals surface area contributed by atoms with Crippen LogP contribution < -0.4 is 10.1 Å². The highest BCUT2D eigenvalue weighted by Crippen LogP contribution is 2.33. The number of anilines is 1. The Morgan fingerprint density at radius 3 is 2.68 bits per heavy atom. The maximum atomic E-state index is 12.5. The molecule has 2 aromatic rings. The number of benzene rings is 1. The molecular formula is C17H15BrN2O4S. The van der Waals surface area contributed by atoms with Gasteiger partial charge >= 0.3 is 5.97 Å². The molecule has 8 heteroatoms. The fourth-order valence-electron chi connectivity index (χ4n) is 2.11. The van der Waals surface area contributed by atoms with Gasteiger partial charge in [0.05, 0.1) is 23.8 Å². The van der Waals surface area contributed by atoms with Gasteiger partial charge in [0.2, 0.25) is 0 Å². The van der Waals surface area contributed by atoms with Crippen molar-refractivity contribution in [1.82, 2.24) is 0 Å². The van der Waals surface area contributed by atoms with Crippen LogP contribution in [0, 0.1) is 18.3 Å². The van der Waals surface area contributed by atoms with Crippen molar-refractivity contribution in [2.45, 2.75) is 13.8 Å². The molecule has 0 saturated carbocycles. The van der Waals surface area contributed by atoms with Crippen LogP contribution >= 0.6 is 27.3 Å². The number of esters is 1. The third-order valence-corrected chi connectivity index (χ3v) is 5.16. The molecule has 0 aliphatic heterocycles. The van der Waals surface area contributed by atoms with E-state index in [1.54, 1.807) is 25.1 Å². The number of thiophene rings is 1. The van der Waals surface area contributed by atoms with Crippen LogP contribution in [0.4, 0.5) is 5.00 Å². The molecule has 2 rings (SSSR count). The Kier molecular flexibility index (Phi) is 6.17. The second-order valence-corrected chi connectivity index (χ2v) is 6.77. The fourth-order valence-corrected chi connectivity index (χ4v) is 3.68. The lowest BCUT2D eigenvalue weighted by Crippen LogP contribution is -2.12. The summed E-state index contributed by atoms with van der Waals surface area (Å²) in [5.41, 5.74) is 1.14. The number of amides is 1. The van der Waals surface area contributed by atoms with Gasteiger partial charge in [0.25, 0.3) is 5.91 Å². The van der Waals surface area contributed by atoms with Crippen LogP contribution in [0.2, 0.25) is 0 Å². The van der Waals surface area contributed by atoms with Crippen molar-refractivity contribution in [2.24, 2.45) is 0 Å². The number of nitriles is 1. The van der Waals surface area contributed by atoms with Crippen LogP contribution in [0.25, 0.3) is 0 Å². The van der Waals surface area contributed by atoms with E-state index in [0.717, 1.165) is 11.3 Å². The number of nitrogens with one attached hydrogen (secondary N) is 1. The van der Waals surface area contributed by atoms with E-state index in [1.807, 2.05) is 13.0 Å². The fraction of sp³-hybridized carbons (Fsp3) is 0.235. The van der Waals surface area contributed by atoms with E-state index in [9.17, 15) is 14.9 Å². The van der Waals surface area contributed by atoms with Crippen LogP contribution in [-0.4, -0.2) is 25.6 Å². The summed E-state index contributed by atoms with van der Waals surface area (Å²) in [4.78, 5) is 24.5. The van der Waals surface area contributed by atoms with E-state index in [0.29, 0.717) is 37.8 Å². The first-order valence-corrected chi connectivity index (χ1v) is 8.89. The Labute approximate surface area is 157 Å². The van der Waals surface area contributed by atoms with E-state index in [2.05, 4.69) is 21.2 Å². The van der Waals surface area contributed by atoms with Gasteiger partial charge in [-0.2, -0.15) is 5.26 Å². The number of halogens is 1. The average Bonchev–Trinajstić information content (AvgIpc) is 2.91. The zero-order chi connectivity index (χ0) is 18.6. The molecule has 6 nitrogen and oxygen atoms in total. The van der Waals surface area contributed by atoms with Gasteiger partial charge in [0.1, 0.15) is 21.7 Å². The van der Waals surface area contributed by atoms with E-state index in [-0.39, 0.29) is 5.56 Å². The quantitative estimate of drug-likeness (QED) is 0.731. The normalized spacial score (nSPS) is 10.0. The maximum Gasteiger partial charge on any atom is 0.348 e. The van der Waals surface area contributed by atoms with Crippen molar-refractivity contribution in [3.8, 4) is 11.8 Å². The van der Waals surface area contributed by atoms with Gasteiger partial charge in [-0.3, -0.25) is 4.79 Å². The minimum absolute atomic E-state index is 0.253. The average molecular weight is 423 g/mol. The molecule has 0 unspecified atom stereocenters. The lowest BCUT2D eigenvalue weighted by atomic mass is 10.1. The van der Waals surface area contributed by atoms with Gasteiger partial charge in [-0.1, -0.05) is 0 Å². The molecule has 0 aliphatic carbocycles. The topological polar surface area (TPSA) is 88.4 Å². The standard InChI is InChI=1S/C17H15BrN2O4S/c1-4-24-13-6-5-10(7-12(13)18)15(21)20-16-11(8-19)9(2)14(25-16)17(22)23-3/h5-7H,4H2,1-3H3,(H,20,21). The summed E-state index contributed by atoms with van der Waals surface area (Å²) in [6.07, 6.45) is 0. The SMILES string of the molecule is CCOc1ccc(C(=O)Nc2sc(C(=O)OC)c(C)c2C#N)cc1Br. The molecule has 0 radical (unpaired) electrons. The predicted molar refractivity (Wildman–Crippen MR) is 98.4 cm³/mol. The first kappa shape index (κ1) is 19.0. The summed E-state index contributed by atoms with van der Waals surface area (Å²) in [6, 6.07) is 6.96. The van der Waals surface area contributed by atoms with Crippen molar-refractivity contribution in [1.29, 1.82) is 5.26 Å². The molecule has 1 amide bonds. The minimum atomic E-state index is -0.539. The maximum absolute atomic E-state index is 12.5. The zero-order valence-electron chi connectivity index (χ0n) is 13.8. The van der Waals surface area contributed by atoms with Crippen LogP contribution in [0.1, 0.15) is 38.1 Å². The van der Waals surface area contributed by atoms with E-state index in [4.69, 9.17) is 9.47 Å². The molecular weight excluding hydrogens is 408 g/mol. The van der Waals surface area contributed by atoms with Crippen molar-refractivity contribution >= 4 is 44.1 Å². The van der Waals surface area contributed by atoms with E-state index in [1.165, 1.54) is 7.11 Å². The van der Waals surface area contributed by atoms with Crippen molar-refractivity contribution in [2.75, 3.05) is 19.0 Å². The van der Waals surface area contributed by atoms with Crippen LogP contribution in [0.3, 0.4) is 0 Å². The number of nitrogens with zero attached hydrogens (tertiary/aromatic N) is 1. The Morgan fingerprint density at radius 1 is 1.40 bits per heavy atom. The van der Waals surface area contributed by atoms with Crippen LogP contribution in [-0.2, 0) is 4.74 Å². The Morgan fingerprint density at radius 2 is 2.12 bits per heavy atom. The molecule has 0 fully saturated rings. The summed E-state index contributed by atoms with van der Waals surface area (Å²) in [5, 5.41) is 12.3. The van der Waals surface area contributed by atoms with Gasteiger partial charge < -0.3 is 14.8 Å². The summed E-state index contributed by atoms with van der Waals surface area (Å²) in [5.74, 6) is -0.294. The highest BCUT2D eigenvalue weighted by Gasteiger charge is 2.22. The van der Waals surface area contributed by atoms with Gasteiger partial charge in [-0.25, -0.2) is 4.79 Å². The number of rotatable bonds is 5. The number of carbonyl (C=O) groups is 2. The van der Waals surface area contributed by atoms with Crippen LogP contribution in [0.15, 0.2) is 22.7 Å². The molecule has 1 heterocycles. The van der Waals surface area contributed by atoms with Gasteiger partial charge in [0.15, 0.2) is 0 Å². The number of carbonyl (C=O) groups excluding carboxylic acids is 2. The van der Waals surface area contributed by atoms with Crippen molar-refractivity contribution in [3.05, 3.63) is 44.2 Å². The first-order valence-electron chi connectivity index (χ1n) is 7.28. The van der Waals surface area contributed by atoms with Crippen molar-refractivity contribution in [3.63, 3.8) is 0 Å². The Bertz CT molecular complexity index is 870. The molecule has 0 spiro atoms. The molecule has 25 heavy (non-hydrogen) atoms. The Balaban J connectivity index is 2.31. The minimum Gasteiger partial charge on any atom is -0.493 e. The summed E-state index contributed by atoms with van der Waals surface area (Å²) in [7, 11) is 1.27. The molecule has 0 saturated heterocycles. The van der Waals surface area contributed by atoms with E-state index >= 15 is 0 Å². The molecule has 1 aromatic heterocycles. The lowest BCUT2D eigenvalue weighted by Gasteiger charge is -2.08. The largest absolute Gasteiger partial charge is 0.493 e. The third kappa shape index (κ3) is 4.00. The molecule has 0 atom stereocenters. The van der Waals surface area contributed by atoms with Crippen LogP contribution in [0.5, 0.6) is 5.75 Å². The van der Waals surface area contributed by atoms with Gasteiger partial charge in [0, 0.05) is 5.56 Å². The Hall–Kier alpha value is -2.37. The molecule has 1 N–H and O–H groups in total. The summed E-state index contributed by atoms with van der Waals surface area (Å²) < 4.78 is 10.8. The highest BCUT2D eigenvalue weighted by molar-refractivity contribution is 9.10. The van der Waals surface area contributed by atoms with Crippen molar-refractivity contribution < 1.29 is 19.1 Å². The molecule has 1 aromatic carbocycles. The zero-order valence-corrected chi connectivity index (χ0v) is 16.2. The molecule has 130 valence electrons. The molecule has 0 aliphatic rings. The monoisotopic (exact) mass is 422 g/mol. The number of hydrogen-bond donors (Lipinski definition) is 1. The second-order valence-electron chi connectivity index (χ2n) is 4.90. The predicted octanol–water partition coefficient (Wildman–Crippen LogP) is 4.13. The lowest BCUT2D eigenvalue weighted by molar-refractivity contribution is 0.0605. The second kappa shape index (κ2) is 8.14. The highest BCUT2D eigenvalue weighted by atomic mass is 79.9. The number of methoxy groups -OCH3 is 1. The number of hydrogen-bond acceptors (Lipinski definition) is 6. The smallest absolute Gasteiger partial charge is 0.348 e. The van der Waals surface area contributed by atoms with Gasteiger partial charge in [-0.15, -0.1) is 11.3 Å². The van der Waals surface area contributed by atoms with E-state index < -0.39 is 11.9 Å². The summed E-state index contributed by atoms with van der Waals surface area (Å²) in [6.45, 7) is 4.03. The number of ether oxygens (including phenoxy) is 2. The molecule has 0 bridgehead atoms. The first-order chi connectivity index (χ1) is 11.9. The van der Waals surface area contributed by atoms with Gasteiger partial charge in [-0.05, 0) is 53.5 Å². The summed E-state index contributed by atoms with van der Waals surface area (Å²) >= 11 is 4.37.